The van der Waals surface area contributed by atoms with Crippen molar-refractivity contribution in [1.82, 2.24) is 4.98 Å². The molecule has 3 heteroatoms. The molecule has 164 valence electrons. The predicted molar refractivity (Wildman–Crippen MR) is 140 cm³/mol. The van der Waals surface area contributed by atoms with E-state index in [4.69, 9.17) is 4.74 Å². The van der Waals surface area contributed by atoms with E-state index in [0.717, 1.165) is 11.5 Å². The van der Waals surface area contributed by atoms with Gasteiger partial charge >= 0.3 is 0 Å². The summed E-state index contributed by atoms with van der Waals surface area (Å²) in [6.07, 6.45) is 2.20. The average molecular weight is 450 g/mol. The van der Waals surface area contributed by atoms with E-state index in [1.807, 2.05) is 23.9 Å². The van der Waals surface area contributed by atoms with Crippen LogP contribution in [0.15, 0.2) is 115 Å². The molecule has 0 saturated heterocycles. The zero-order chi connectivity index (χ0) is 22.5. The third-order valence-electron chi connectivity index (χ3n) is 6.13. The maximum atomic E-state index is 5.34. The summed E-state index contributed by atoms with van der Waals surface area (Å²) >= 11 is 2.00. The van der Waals surface area contributed by atoms with Crippen LogP contribution < -0.4 is 4.74 Å². The highest BCUT2D eigenvalue weighted by Crippen LogP contribution is 2.48. The molecule has 4 aromatic carbocycles. The lowest BCUT2D eigenvalue weighted by Gasteiger charge is -2.28. The number of thioether (sulfide) groups is 1. The van der Waals surface area contributed by atoms with Gasteiger partial charge in [0, 0.05) is 34.0 Å². The van der Waals surface area contributed by atoms with Crippen molar-refractivity contribution in [3.63, 3.8) is 0 Å². The van der Waals surface area contributed by atoms with Gasteiger partial charge in [-0.05, 0) is 40.5 Å². The second kappa shape index (κ2) is 10.0. The molecule has 1 aromatic heterocycles. The van der Waals surface area contributed by atoms with Crippen molar-refractivity contribution < 1.29 is 4.74 Å². The Bertz CT molecular complexity index is 1300. The summed E-state index contributed by atoms with van der Waals surface area (Å²) < 4.78 is 5.34. The minimum Gasteiger partial charge on any atom is -0.497 e. The summed E-state index contributed by atoms with van der Waals surface area (Å²) in [6.45, 7) is 0. The third-order valence-corrected chi connectivity index (χ3v) is 7.54. The zero-order valence-electron chi connectivity index (χ0n) is 18.6. The lowest BCUT2D eigenvalue weighted by molar-refractivity contribution is 0.414. The molecule has 1 heterocycles. The molecule has 0 aliphatic rings. The fraction of sp³-hybridized carbons (Fsp3) is 0.133. The normalized spacial score (nSPS) is 13.0. The van der Waals surface area contributed by atoms with Crippen LogP contribution in [-0.4, -0.2) is 12.1 Å². The van der Waals surface area contributed by atoms with Crippen LogP contribution in [0.5, 0.6) is 5.75 Å². The highest BCUT2D eigenvalue weighted by atomic mass is 32.2. The molecule has 2 atom stereocenters. The molecule has 0 spiro atoms. The first kappa shape index (κ1) is 21.4. The molecular weight excluding hydrogens is 422 g/mol. The van der Waals surface area contributed by atoms with Crippen LogP contribution in [0.1, 0.15) is 33.4 Å². The first-order valence-corrected chi connectivity index (χ1v) is 12.3. The Morgan fingerprint density at radius 3 is 2.06 bits per heavy atom. The Balaban J connectivity index is 1.58. The number of benzene rings is 4. The molecule has 0 unspecified atom stereocenters. The maximum absolute atomic E-state index is 5.34. The van der Waals surface area contributed by atoms with Crippen LogP contribution in [0.4, 0.5) is 0 Å². The van der Waals surface area contributed by atoms with Gasteiger partial charge in [0.1, 0.15) is 5.75 Å². The molecule has 2 nitrogen and oxygen atoms in total. The van der Waals surface area contributed by atoms with Gasteiger partial charge in [-0.25, -0.2) is 0 Å². The monoisotopic (exact) mass is 449 g/mol. The highest BCUT2D eigenvalue weighted by Gasteiger charge is 2.29. The van der Waals surface area contributed by atoms with Crippen LogP contribution >= 0.6 is 11.8 Å². The van der Waals surface area contributed by atoms with E-state index < -0.39 is 0 Å². The van der Waals surface area contributed by atoms with Gasteiger partial charge in [0.2, 0.25) is 0 Å². The van der Waals surface area contributed by atoms with E-state index in [0.29, 0.717) is 0 Å². The van der Waals surface area contributed by atoms with E-state index in [-0.39, 0.29) is 11.2 Å². The minimum absolute atomic E-state index is 0.216. The van der Waals surface area contributed by atoms with Gasteiger partial charge in [0.25, 0.3) is 0 Å². The number of aromatic nitrogens is 1. The van der Waals surface area contributed by atoms with Crippen LogP contribution in [0, 0.1) is 0 Å². The van der Waals surface area contributed by atoms with Crippen molar-refractivity contribution in [2.75, 3.05) is 7.11 Å². The summed E-state index contributed by atoms with van der Waals surface area (Å²) in [6, 6.07) is 38.8. The number of aromatic amines is 1. The second-order valence-corrected chi connectivity index (χ2v) is 9.30. The Labute approximate surface area is 199 Å². The van der Waals surface area contributed by atoms with E-state index >= 15 is 0 Å². The number of para-hydroxylation sites is 1. The lowest BCUT2D eigenvalue weighted by Crippen LogP contribution is -2.11. The Morgan fingerprint density at radius 2 is 1.36 bits per heavy atom. The predicted octanol–water partition coefficient (Wildman–Crippen LogP) is 7.98. The highest BCUT2D eigenvalue weighted by molar-refractivity contribution is 7.98. The van der Waals surface area contributed by atoms with Gasteiger partial charge in [-0.15, -0.1) is 11.8 Å². The number of methoxy groups -OCH3 is 1. The number of fused-ring (bicyclic) bond motifs is 1. The van der Waals surface area contributed by atoms with Crippen molar-refractivity contribution in [3.8, 4) is 5.75 Å². The number of rotatable bonds is 8. The number of hydrogen-bond acceptors (Lipinski definition) is 2. The molecule has 1 N–H and O–H groups in total. The van der Waals surface area contributed by atoms with Crippen molar-refractivity contribution >= 4 is 22.7 Å². The standard InChI is InChI=1S/C30H27NOS/c1-32-25-18-16-22(17-19-25)21-33-30(24-12-6-3-7-13-24)29(23-10-4-2-5-11-23)27-20-31-28-15-9-8-14-26(27)28/h2-20,29-31H,21H2,1H3/t29-,30+/m1/s1. The first-order chi connectivity index (χ1) is 16.3. The number of hydrogen-bond donors (Lipinski definition) is 1. The number of ether oxygens (including phenoxy) is 1. The minimum atomic E-state index is 0.216. The van der Waals surface area contributed by atoms with Crippen LogP contribution in [0.3, 0.4) is 0 Å². The van der Waals surface area contributed by atoms with E-state index in [2.05, 4.69) is 108 Å². The molecule has 0 fully saturated rings. The van der Waals surface area contributed by atoms with Gasteiger partial charge in [-0.1, -0.05) is 91.0 Å². The van der Waals surface area contributed by atoms with Crippen LogP contribution in [0.2, 0.25) is 0 Å². The number of nitrogens with one attached hydrogen (secondary N) is 1. The Hall–Kier alpha value is -3.43. The van der Waals surface area contributed by atoms with Crippen molar-refractivity contribution in [1.29, 1.82) is 0 Å². The molecule has 33 heavy (non-hydrogen) atoms. The Morgan fingerprint density at radius 1 is 0.727 bits per heavy atom. The summed E-state index contributed by atoms with van der Waals surface area (Å²) in [7, 11) is 1.71. The summed E-state index contributed by atoms with van der Waals surface area (Å²) in [5.74, 6) is 2.03. The molecule has 5 rings (SSSR count). The quantitative estimate of drug-likeness (QED) is 0.260. The van der Waals surface area contributed by atoms with Gasteiger partial charge in [0.05, 0.1) is 7.11 Å². The average Bonchev–Trinajstić information content (AvgIpc) is 3.31. The molecule has 0 saturated carbocycles. The van der Waals surface area contributed by atoms with E-state index in [9.17, 15) is 0 Å². The Kier molecular flexibility index (Phi) is 6.50. The summed E-state index contributed by atoms with van der Waals surface area (Å²) in [4.78, 5) is 3.51. The van der Waals surface area contributed by atoms with Crippen molar-refractivity contribution in [3.05, 3.63) is 138 Å². The molecule has 0 aliphatic heterocycles. The maximum Gasteiger partial charge on any atom is 0.118 e. The molecule has 0 radical (unpaired) electrons. The third kappa shape index (κ3) is 4.69. The van der Waals surface area contributed by atoms with Crippen LogP contribution in [-0.2, 0) is 5.75 Å². The first-order valence-electron chi connectivity index (χ1n) is 11.2. The summed E-state index contributed by atoms with van der Waals surface area (Å²) in [5, 5.41) is 1.55. The SMILES string of the molecule is COc1ccc(CS[C@@H](c2ccccc2)[C@H](c2ccccc2)c2c[nH]c3ccccc23)cc1. The summed E-state index contributed by atoms with van der Waals surface area (Å²) in [5.41, 5.74) is 6.49. The fourth-order valence-corrected chi connectivity index (χ4v) is 5.87. The fourth-order valence-electron chi connectivity index (χ4n) is 4.46. The van der Waals surface area contributed by atoms with E-state index in [1.165, 1.54) is 33.2 Å². The smallest absolute Gasteiger partial charge is 0.118 e. The molecule has 0 aliphatic carbocycles. The molecule has 5 aromatic rings. The topological polar surface area (TPSA) is 25.0 Å². The molecule has 0 bridgehead atoms. The van der Waals surface area contributed by atoms with Crippen molar-refractivity contribution in [2.45, 2.75) is 16.9 Å². The molecular formula is C30H27NOS. The van der Waals surface area contributed by atoms with Gasteiger partial charge in [-0.3, -0.25) is 0 Å². The van der Waals surface area contributed by atoms with Gasteiger partial charge in [-0.2, -0.15) is 0 Å². The van der Waals surface area contributed by atoms with Gasteiger partial charge < -0.3 is 9.72 Å². The lowest BCUT2D eigenvalue weighted by atomic mass is 9.85. The molecule has 0 amide bonds. The largest absolute Gasteiger partial charge is 0.497 e. The number of H-pyrrole nitrogens is 1. The zero-order valence-corrected chi connectivity index (χ0v) is 19.5. The van der Waals surface area contributed by atoms with E-state index in [1.54, 1.807) is 7.11 Å². The van der Waals surface area contributed by atoms with Crippen LogP contribution in [0.25, 0.3) is 10.9 Å². The second-order valence-electron chi connectivity index (χ2n) is 8.17. The van der Waals surface area contributed by atoms with Crippen molar-refractivity contribution in [2.24, 2.45) is 0 Å². The van der Waals surface area contributed by atoms with Gasteiger partial charge in [0.15, 0.2) is 0 Å².